The van der Waals surface area contributed by atoms with Crippen molar-refractivity contribution < 1.29 is 19.2 Å². The van der Waals surface area contributed by atoms with Gasteiger partial charge in [0, 0.05) is 22.5 Å². The van der Waals surface area contributed by atoms with Crippen molar-refractivity contribution in [2.75, 3.05) is 15.5 Å². The first kappa shape index (κ1) is 23.9. The molecule has 0 atom stereocenters. The van der Waals surface area contributed by atoms with E-state index in [0.29, 0.717) is 28.2 Å². The first-order chi connectivity index (χ1) is 16.7. The molecule has 8 heteroatoms. The Hall–Kier alpha value is -4.23. The van der Waals surface area contributed by atoms with Crippen LogP contribution in [0.5, 0.6) is 0 Å². The molecule has 0 radical (unpaired) electrons. The number of carbonyl (C=O) groups excluding carboxylic acids is 4. The van der Waals surface area contributed by atoms with E-state index >= 15 is 0 Å². The molecule has 0 aromatic heterocycles. The first-order valence-electron chi connectivity index (χ1n) is 10.8. The molecule has 0 spiro atoms. The molecular weight excluding hydrogens is 466 g/mol. The minimum atomic E-state index is -0.603. The molecular formula is C27H22ClN3O4. The van der Waals surface area contributed by atoms with Gasteiger partial charge < -0.3 is 10.6 Å². The highest BCUT2D eigenvalue weighted by atomic mass is 35.5. The number of ketones is 1. The van der Waals surface area contributed by atoms with Gasteiger partial charge in [0.25, 0.3) is 17.7 Å². The fraction of sp³-hybridized carbons (Fsp3) is 0.111. The van der Waals surface area contributed by atoms with Crippen LogP contribution in [0.2, 0.25) is 0 Å². The second kappa shape index (κ2) is 9.56. The van der Waals surface area contributed by atoms with E-state index in [4.69, 9.17) is 11.6 Å². The zero-order valence-corrected chi connectivity index (χ0v) is 20.1. The quantitative estimate of drug-likeness (QED) is 0.368. The van der Waals surface area contributed by atoms with Gasteiger partial charge in [0.1, 0.15) is 10.7 Å². The number of hydrogen-bond acceptors (Lipinski definition) is 5. The fourth-order valence-corrected chi connectivity index (χ4v) is 3.76. The van der Waals surface area contributed by atoms with Crippen LogP contribution in [0.4, 0.5) is 17.1 Å². The van der Waals surface area contributed by atoms with Gasteiger partial charge in [-0.1, -0.05) is 17.7 Å². The Labute approximate surface area is 207 Å². The van der Waals surface area contributed by atoms with Gasteiger partial charge in [-0.3, -0.25) is 19.2 Å². The lowest BCUT2D eigenvalue weighted by Gasteiger charge is -2.16. The van der Waals surface area contributed by atoms with Crippen molar-refractivity contribution in [2.24, 2.45) is 0 Å². The normalized spacial score (nSPS) is 13.3. The summed E-state index contributed by atoms with van der Waals surface area (Å²) in [5.74, 6) is -1.55. The second-order valence-corrected chi connectivity index (χ2v) is 8.57. The van der Waals surface area contributed by atoms with Crippen LogP contribution in [-0.4, -0.2) is 23.5 Å². The van der Waals surface area contributed by atoms with Crippen molar-refractivity contribution >= 4 is 52.2 Å². The predicted octanol–water partition coefficient (Wildman–Crippen LogP) is 5.19. The van der Waals surface area contributed by atoms with Crippen molar-refractivity contribution in [3.05, 3.63) is 99.7 Å². The largest absolute Gasteiger partial charge is 0.350 e. The van der Waals surface area contributed by atoms with E-state index in [1.165, 1.54) is 6.92 Å². The summed E-state index contributed by atoms with van der Waals surface area (Å²) in [6, 6.07) is 18.3. The number of amides is 3. The van der Waals surface area contributed by atoms with Gasteiger partial charge in [-0.15, -0.1) is 0 Å². The Kier molecular flexibility index (Phi) is 6.53. The molecule has 0 aliphatic carbocycles. The maximum atomic E-state index is 13.0. The second-order valence-electron chi connectivity index (χ2n) is 8.19. The molecule has 0 bridgehead atoms. The summed E-state index contributed by atoms with van der Waals surface area (Å²) >= 11 is 6.21. The Bertz CT molecular complexity index is 1390. The summed E-state index contributed by atoms with van der Waals surface area (Å²) < 4.78 is 0. The highest BCUT2D eigenvalue weighted by molar-refractivity contribution is 6.53. The molecule has 3 amide bonds. The molecule has 1 aliphatic rings. The minimum absolute atomic E-state index is 0.0299. The van der Waals surface area contributed by atoms with Gasteiger partial charge in [0.15, 0.2) is 5.78 Å². The molecule has 4 rings (SSSR count). The summed E-state index contributed by atoms with van der Waals surface area (Å²) in [6.45, 7) is 5.32. The van der Waals surface area contributed by atoms with Crippen molar-refractivity contribution in [2.45, 2.75) is 20.8 Å². The van der Waals surface area contributed by atoms with Crippen LogP contribution in [0, 0.1) is 13.8 Å². The molecule has 35 heavy (non-hydrogen) atoms. The smallest absolute Gasteiger partial charge is 0.283 e. The summed E-state index contributed by atoms with van der Waals surface area (Å²) in [7, 11) is 0. The highest BCUT2D eigenvalue weighted by Gasteiger charge is 2.39. The Balaban J connectivity index is 1.46. The number of nitrogens with one attached hydrogen (secondary N) is 2. The Morgan fingerprint density at radius 3 is 1.97 bits per heavy atom. The van der Waals surface area contributed by atoms with Crippen LogP contribution in [0.15, 0.2) is 77.5 Å². The monoisotopic (exact) mass is 487 g/mol. The van der Waals surface area contributed by atoms with Crippen LogP contribution in [-0.2, 0) is 9.59 Å². The number of rotatable bonds is 6. The van der Waals surface area contributed by atoms with Crippen LogP contribution >= 0.6 is 11.6 Å². The third-order valence-electron chi connectivity index (χ3n) is 5.74. The number of hydrogen-bond donors (Lipinski definition) is 2. The summed E-state index contributed by atoms with van der Waals surface area (Å²) in [6.07, 6.45) is 0. The highest BCUT2D eigenvalue weighted by Crippen LogP contribution is 2.31. The zero-order valence-electron chi connectivity index (χ0n) is 19.3. The molecule has 0 saturated carbocycles. The molecule has 0 unspecified atom stereocenters. The van der Waals surface area contributed by atoms with Gasteiger partial charge >= 0.3 is 0 Å². The van der Waals surface area contributed by atoms with E-state index in [-0.39, 0.29) is 22.4 Å². The molecule has 176 valence electrons. The van der Waals surface area contributed by atoms with Crippen molar-refractivity contribution in [1.29, 1.82) is 0 Å². The van der Waals surface area contributed by atoms with Crippen molar-refractivity contribution in [3.63, 3.8) is 0 Å². The molecule has 1 aliphatic heterocycles. The van der Waals surface area contributed by atoms with E-state index in [9.17, 15) is 19.2 Å². The molecule has 3 aromatic carbocycles. The van der Waals surface area contributed by atoms with E-state index in [2.05, 4.69) is 10.6 Å². The average molecular weight is 488 g/mol. The maximum absolute atomic E-state index is 13.0. The lowest BCUT2D eigenvalue weighted by Crippen LogP contribution is -2.32. The number of anilines is 3. The molecule has 2 N–H and O–H groups in total. The molecule has 1 heterocycles. The summed E-state index contributed by atoms with van der Waals surface area (Å²) in [5.41, 5.74) is 4.40. The maximum Gasteiger partial charge on any atom is 0.283 e. The number of aryl methyl sites for hydroxylation is 2. The van der Waals surface area contributed by atoms with E-state index in [0.717, 1.165) is 16.0 Å². The number of halogens is 1. The topological polar surface area (TPSA) is 95.6 Å². The predicted molar refractivity (Wildman–Crippen MR) is 136 cm³/mol. The number of carbonyl (C=O) groups is 4. The number of nitrogens with zero attached hydrogens (tertiary/aromatic N) is 1. The third kappa shape index (κ3) is 4.85. The lowest BCUT2D eigenvalue weighted by atomic mass is 10.1. The molecule has 0 saturated heterocycles. The van der Waals surface area contributed by atoms with E-state index in [1.807, 2.05) is 19.9 Å². The number of benzene rings is 3. The van der Waals surface area contributed by atoms with E-state index < -0.39 is 11.8 Å². The standard InChI is InChI=1S/C27H22ClN3O4/c1-15-4-13-22(14-16(15)2)31-26(34)23(28)24(27(31)35)29-20-11-7-19(8-12-20)25(33)30-21-9-5-18(6-10-21)17(3)32/h4-14,29H,1-3H3,(H,30,33). The van der Waals surface area contributed by atoms with Gasteiger partial charge in [-0.05, 0) is 92.6 Å². The van der Waals surface area contributed by atoms with Crippen LogP contribution < -0.4 is 15.5 Å². The van der Waals surface area contributed by atoms with Gasteiger partial charge in [-0.2, -0.15) is 0 Å². The fourth-order valence-electron chi connectivity index (χ4n) is 3.55. The minimum Gasteiger partial charge on any atom is -0.350 e. The van der Waals surface area contributed by atoms with Crippen LogP contribution in [0.1, 0.15) is 38.8 Å². The number of Topliss-reactive ketones (excluding diaryl/α,β-unsaturated/α-hetero) is 1. The van der Waals surface area contributed by atoms with Gasteiger partial charge in [0.05, 0.1) is 5.69 Å². The van der Waals surface area contributed by atoms with Crippen LogP contribution in [0.25, 0.3) is 0 Å². The van der Waals surface area contributed by atoms with Crippen molar-refractivity contribution in [1.82, 2.24) is 0 Å². The zero-order chi connectivity index (χ0) is 25.3. The Morgan fingerprint density at radius 1 is 0.771 bits per heavy atom. The summed E-state index contributed by atoms with van der Waals surface area (Å²) in [4.78, 5) is 50.7. The lowest BCUT2D eigenvalue weighted by molar-refractivity contribution is -0.120. The first-order valence-corrected chi connectivity index (χ1v) is 11.2. The Morgan fingerprint density at radius 2 is 1.37 bits per heavy atom. The van der Waals surface area contributed by atoms with Crippen molar-refractivity contribution in [3.8, 4) is 0 Å². The SMILES string of the molecule is CC(=O)c1ccc(NC(=O)c2ccc(NC3=C(Cl)C(=O)N(c4ccc(C)c(C)c4)C3=O)cc2)cc1. The summed E-state index contributed by atoms with van der Waals surface area (Å²) in [5, 5.41) is 5.46. The molecule has 0 fully saturated rings. The van der Waals surface area contributed by atoms with E-state index in [1.54, 1.807) is 60.7 Å². The third-order valence-corrected chi connectivity index (χ3v) is 6.09. The van der Waals surface area contributed by atoms with Gasteiger partial charge in [0.2, 0.25) is 0 Å². The molecule has 3 aromatic rings. The number of imide groups is 1. The van der Waals surface area contributed by atoms with Gasteiger partial charge in [-0.25, -0.2) is 4.90 Å². The van der Waals surface area contributed by atoms with Crippen LogP contribution in [0.3, 0.4) is 0 Å². The molecule has 7 nitrogen and oxygen atoms in total. The average Bonchev–Trinajstić information content (AvgIpc) is 3.04.